The molecule has 0 bridgehead atoms. The van der Waals surface area contributed by atoms with Gasteiger partial charge in [-0.2, -0.15) is 0 Å². The first kappa shape index (κ1) is 17.4. The summed E-state index contributed by atoms with van der Waals surface area (Å²) in [4.78, 5) is 25.2. The standard InChI is InChI=1S/C17H23FN2O3/c1-13(21)20(12-16-6-3-9-23-16)8-7-19-17(22)11-14-4-2-5-15(18)10-14/h2,4-5,10,16H,3,6-9,11-12H2,1H3,(H,19,22). The Morgan fingerprint density at radius 3 is 2.91 bits per heavy atom. The molecule has 1 aliphatic heterocycles. The average Bonchev–Trinajstić information content (AvgIpc) is 2.99. The first-order chi connectivity index (χ1) is 11.0. The van der Waals surface area contributed by atoms with Gasteiger partial charge in [0.25, 0.3) is 0 Å². The molecule has 0 saturated carbocycles. The quantitative estimate of drug-likeness (QED) is 0.828. The maximum atomic E-state index is 13.1. The van der Waals surface area contributed by atoms with E-state index in [-0.39, 0.29) is 30.2 Å². The molecular formula is C17H23FN2O3. The summed E-state index contributed by atoms with van der Waals surface area (Å²) in [5.41, 5.74) is 0.630. The molecule has 2 amide bonds. The highest BCUT2D eigenvalue weighted by Gasteiger charge is 2.20. The first-order valence-electron chi connectivity index (χ1n) is 7.93. The summed E-state index contributed by atoms with van der Waals surface area (Å²) in [5.74, 6) is -0.564. The molecule has 1 fully saturated rings. The van der Waals surface area contributed by atoms with Gasteiger partial charge in [-0.25, -0.2) is 4.39 Å². The van der Waals surface area contributed by atoms with Crippen LogP contribution in [-0.4, -0.2) is 49.1 Å². The van der Waals surface area contributed by atoms with Crippen LogP contribution in [0.3, 0.4) is 0 Å². The molecule has 6 heteroatoms. The van der Waals surface area contributed by atoms with E-state index in [4.69, 9.17) is 4.74 Å². The van der Waals surface area contributed by atoms with Crippen LogP contribution in [0, 0.1) is 5.82 Å². The fraction of sp³-hybridized carbons (Fsp3) is 0.529. The van der Waals surface area contributed by atoms with Crippen LogP contribution in [0.5, 0.6) is 0 Å². The fourth-order valence-electron chi connectivity index (χ4n) is 2.64. The molecule has 1 unspecified atom stereocenters. The van der Waals surface area contributed by atoms with Crippen LogP contribution >= 0.6 is 0 Å². The minimum absolute atomic E-state index is 0.0279. The van der Waals surface area contributed by atoms with Crippen molar-refractivity contribution in [1.29, 1.82) is 0 Å². The maximum absolute atomic E-state index is 13.1. The summed E-state index contributed by atoms with van der Waals surface area (Å²) >= 11 is 0. The van der Waals surface area contributed by atoms with Crippen molar-refractivity contribution in [1.82, 2.24) is 10.2 Å². The lowest BCUT2D eigenvalue weighted by atomic mass is 10.1. The molecule has 2 rings (SSSR count). The van der Waals surface area contributed by atoms with Gasteiger partial charge >= 0.3 is 0 Å². The van der Waals surface area contributed by atoms with Gasteiger partial charge in [0.05, 0.1) is 12.5 Å². The van der Waals surface area contributed by atoms with Crippen molar-refractivity contribution >= 4 is 11.8 Å². The lowest BCUT2D eigenvalue weighted by molar-refractivity contribution is -0.131. The highest BCUT2D eigenvalue weighted by atomic mass is 19.1. The van der Waals surface area contributed by atoms with Crippen molar-refractivity contribution in [2.75, 3.05) is 26.2 Å². The summed E-state index contributed by atoms with van der Waals surface area (Å²) in [7, 11) is 0. The molecule has 1 aromatic rings. The second-order valence-electron chi connectivity index (χ2n) is 5.76. The van der Waals surface area contributed by atoms with Gasteiger partial charge in [0.15, 0.2) is 0 Å². The molecule has 1 aromatic carbocycles. The van der Waals surface area contributed by atoms with Crippen molar-refractivity contribution in [2.24, 2.45) is 0 Å². The SMILES string of the molecule is CC(=O)N(CCNC(=O)Cc1cccc(F)c1)CC1CCCO1. The summed E-state index contributed by atoms with van der Waals surface area (Å²) in [6, 6.07) is 5.98. The number of carbonyl (C=O) groups is 2. The largest absolute Gasteiger partial charge is 0.376 e. The molecule has 5 nitrogen and oxygen atoms in total. The van der Waals surface area contributed by atoms with E-state index < -0.39 is 0 Å². The molecule has 23 heavy (non-hydrogen) atoms. The zero-order valence-corrected chi connectivity index (χ0v) is 13.4. The fourth-order valence-corrected chi connectivity index (χ4v) is 2.64. The number of hydrogen-bond donors (Lipinski definition) is 1. The molecular weight excluding hydrogens is 299 g/mol. The van der Waals surface area contributed by atoms with E-state index in [9.17, 15) is 14.0 Å². The second kappa shape index (κ2) is 8.62. The van der Waals surface area contributed by atoms with E-state index in [1.165, 1.54) is 19.1 Å². The predicted molar refractivity (Wildman–Crippen MR) is 84.3 cm³/mol. The Bertz CT molecular complexity index is 544. The third kappa shape index (κ3) is 5.98. The third-order valence-electron chi connectivity index (χ3n) is 3.85. The summed E-state index contributed by atoms with van der Waals surface area (Å²) in [6.45, 7) is 3.66. The van der Waals surface area contributed by atoms with E-state index in [0.717, 1.165) is 19.4 Å². The molecule has 1 heterocycles. The lowest BCUT2D eigenvalue weighted by Gasteiger charge is -2.24. The minimum atomic E-state index is -0.352. The molecule has 0 radical (unpaired) electrons. The number of ether oxygens (including phenoxy) is 1. The van der Waals surface area contributed by atoms with Crippen molar-refractivity contribution in [3.05, 3.63) is 35.6 Å². The number of amides is 2. The van der Waals surface area contributed by atoms with Crippen molar-refractivity contribution in [3.8, 4) is 0 Å². The van der Waals surface area contributed by atoms with Gasteiger partial charge in [0.1, 0.15) is 5.82 Å². The van der Waals surface area contributed by atoms with Gasteiger partial charge < -0.3 is 15.0 Å². The number of hydrogen-bond acceptors (Lipinski definition) is 3. The van der Waals surface area contributed by atoms with E-state index in [1.54, 1.807) is 17.0 Å². The van der Waals surface area contributed by atoms with Crippen LogP contribution in [0.2, 0.25) is 0 Å². The van der Waals surface area contributed by atoms with Crippen molar-refractivity contribution in [3.63, 3.8) is 0 Å². The zero-order chi connectivity index (χ0) is 16.7. The highest BCUT2D eigenvalue weighted by Crippen LogP contribution is 2.13. The van der Waals surface area contributed by atoms with E-state index in [0.29, 0.717) is 25.2 Å². The van der Waals surface area contributed by atoms with Crippen molar-refractivity contribution < 1.29 is 18.7 Å². The van der Waals surface area contributed by atoms with Gasteiger partial charge in [-0.15, -0.1) is 0 Å². The number of benzene rings is 1. The maximum Gasteiger partial charge on any atom is 0.224 e. The molecule has 0 aliphatic carbocycles. The normalized spacial score (nSPS) is 17.0. The van der Waals surface area contributed by atoms with Crippen LogP contribution < -0.4 is 5.32 Å². The Balaban J connectivity index is 1.73. The summed E-state index contributed by atoms with van der Waals surface area (Å²) < 4.78 is 18.6. The van der Waals surface area contributed by atoms with Crippen LogP contribution in [0.25, 0.3) is 0 Å². The highest BCUT2D eigenvalue weighted by molar-refractivity contribution is 5.78. The van der Waals surface area contributed by atoms with Gasteiger partial charge in [-0.3, -0.25) is 9.59 Å². The molecule has 126 valence electrons. The van der Waals surface area contributed by atoms with Crippen LogP contribution in [0.15, 0.2) is 24.3 Å². The number of nitrogens with one attached hydrogen (secondary N) is 1. The molecule has 1 N–H and O–H groups in total. The van der Waals surface area contributed by atoms with Crippen LogP contribution in [0.1, 0.15) is 25.3 Å². The van der Waals surface area contributed by atoms with E-state index >= 15 is 0 Å². The Morgan fingerprint density at radius 2 is 2.26 bits per heavy atom. The Hall–Kier alpha value is -1.95. The van der Waals surface area contributed by atoms with Gasteiger partial charge in [0.2, 0.25) is 11.8 Å². The number of nitrogens with zero attached hydrogens (tertiary/aromatic N) is 1. The van der Waals surface area contributed by atoms with Crippen LogP contribution in [0.4, 0.5) is 4.39 Å². The number of carbonyl (C=O) groups excluding carboxylic acids is 2. The molecule has 1 aliphatic rings. The summed E-state index contributed by atoms with van der Waals surface area (Å²) in [6.07, 6.45) is 2.22. The first-order valence-corrected chi connectivity index (χ1v) is 7.93. The molecule has 1 saturated heterocycles. The van der Waals surface area contributed by atoms with Gasteiger partial charge in [-0.05, 0) is 30.5 Å². The lowest BCUT2D eigenvalue weighted by Crippen LogP contribution is -2.41. The van der Waals surface area contributed by atoms with Gasteiger partial charge in [0, 0.05) is 33.2 Å². The summed E-state index contributed by atoms with van der Waals surface area (Å²) in [5, 5.41) is 2.76. The molecule has 0 spiro atoms. The Kier molecular flexibility index (Phi) is 6.52. The average molecular weight is 322 g/mol. The number of halogens is 1. The Labute approximate surface area is 135 Å². The predicted octanol–water partition coefficient (Wildman–Crippen LogP) is 1.51. The van der Waals surface area contributed by atoms with Crippen LogP contribution in [-0.2, 0) is 20.7 Å². The van der Waals surface area contributed by atoms with Gasteiger partial charge in [-0.1, -0.05) is 12.1 Å². The topological polar surface area (TPSA) is 58.6 Å². The third-order valence-corrected chi connectivity index (χ3v) is 3.85. The Morgan fingerprint density at radius 1 is 1.43 bits per heavy atom. The second-order valence-corrected chi connectivity index (χ2v) is 5.76. The molecule has 0 aromatic heterocycles. The smallest absolute Gasteiger partial charge is 0.224 e. The zero-order valence-electron chi connectivity index (χ0n) is 13.4. The van der Waals surface area contributed by atoms with E-state index in [1.807, 2.05) is 0 Å². The van der Waals surface area contributed by atoms with E-state index in [2.05, 4.69) is 5.32 Å². The minimum Gasteiger partial charge on any atom is -0.376 e. The monoisotopic (exact) mass is 322 g/mol. The number of rotatable bonds is 7. The molecule has 1 atom stereocenters. The van der Waals surface area contributed by atoms with Crippen molar-refractivity contribution in [2.45, 2.75) is 32.3 Å².